The molecule has 2 aromatic heterocycles. The molecule has 0 spiro atoms. The van der Waals surface area contributed by atoms with Crippen molar-refractivity contribution in [3.63, 3.8) is 0 Å². The maximum absolute atomic E-state index is 12.8. The van der Waals surface area contributed by atoms with Gasteiger partial charge in [-0.3, -0.25) is 0 Å². The van der Waals surface area contributed by atoms with E-state index in [1.165, 1.54) is 18.4 Å². The lowest BCUT2D eigenvalue weighted by molar-refractivity contribution is -0.137. The molecular weight excluding hydrogens is 383 g/mol. The Morgan fingerprint density at radius 3 is 2.44 bits per heavy atom. The van der Waals surface area contributed by atoms with Crippen molar-refractivity contribution in [2.75, 3.05) is 10.6 Å². The zero-order chi connectivity index (χ0) is 19.9. The number of rotatable bonds is 5. The van der Waals surface area contributed by atoms with Crippen LogP contribution in [0, 0.1) is 0 Å². The monoisotopic (exact) mass is 399 g/mol. The van der Waals surface area contributed by atoms with Crippen LogP contribution < -0.4 is 10.6 Å². The zero-order valence-corrected chi connectivity index (χ0v) is 15.3. The predicted octanol–water partition coefficient (Wildman–Crippen LogP) is 5.52. The van der Waals surface area contributed by atoms with Crippen LogP contribution in [-0.2, 0) is 12.7 Å². The number of furan rings is 1. The van der Waals surface area contributed by atoms with Crippen molar-refractivity contribution in [1.29, 1.82) is 0 Å². The second-order valence-electron chi connectivity index (χ2n) is 4.89. The average molecular weight is 400 g/mol. The Morgan fingerprint density at radius 1 is 1.04 bits per heavy atom. The smallest absolute Gasteiger partial charge is 0.416 e. The molecule has 0 amide bonds. The minimum absolute atomic E-state index is 0.0151. The standard InChI is InChI=1S/C15H11ClF3N5O.C2H6/c16-12-22-13(20-8-11-5-2-6-25-11)24-14(23-12)21-10-4-1-3-9(7-10)15(17,18)19;1-2/h1-7H,8H2,(H2,20,21,22,23,24);1-2H3. The first kappa shape index (κ1) is 20.5. The molecule has 0 saturated carbocycles. The number of hydrogen-bond acceptors (Lipinski definition) is 6. The lowest BCUT2D eigenvalue weighted by Crippen LogP contribution is -2.08. The number of halogens is 4. The lowest BCUT2D eigenvalue weighted by Gasteiger charge is -2.10. The predicted molar refractivity (Wildman–Crippen MR) is 96.9 cm³/mol. The quantitative estimate of drug-likeness (QED) is 0.588. The average Bonchev–Trinajstić information content (AvgIpc) is 3.14. The molecule has 3 rings (SSSR count). The first-order valence-electron chi connectivity index (χ1n) is 8.02. The summed E-state index contributed by atoms with van der Waals surface area (Å²) in [7, 11) is 0. The first-order chi connectivity index (χ1) is 12.9. The topological polar surface area (TPSA) is 75.9 Å². The normalized spacial score (nSPS) is 10.7. The molecule has 2 N–H and O–H groups in total. The third-order valence-electron chi connectivity index (χ3n) is 3.05. The van der Waals surface area contributed by atoms with Crippen molar-refractivity contribution in [1.82, 2.24) is 15.0 Å². The van der Waals surface area contributed by atoms with Crippen LogP contribution in [0.15, 0.2) is 47.1 Å². The summed E-state index contributed by atoms with van der Waals surface area (Å²) in [4.78, 5) is 11.8. The van der Waals surface area contributed by atoms with Crippen molar-refractivity contribution in [2.45, 2.75) is 26.6 Å². The Balaban J connectivity index is 0.00000126. The number of aromatic nitrogens is 3. The number of alkyl halides is 3. The van der Waals surface area contributed by atoms with Gasteiger partial charge in [-0.05, 0) is 41.9 Å². The molecule has 0 unspecified atom stereocenters. The lowest BCUT2D eigenvalue weighted by atomic mass is 10.2. The molecule has 0 bridgehead atoms. The van der Waals surface area contributed by atoms with Crippen LogP contribution in [0.4, 0.5) is 30.8 Å². The Labute approximate surface area is 158 Å². The molecule has 0 fully saturated rings. The second-order valence-corrected chi connectivity index (χ2v) is 5.23. The summed E-state index contributed by atoms with van der Waals surface area (Å²) in [5.41, 5.74) is -0.608. The van der Waals surface area contributed by atoms with Crippen LogP contribution in [0.25, 0.3) is 0 Å². The van der Waals surface area contributed by atoms with Crippen LogP contribution in [0.5, 0.6) is 0 Å². The molecule has 0 radical (unpaired) electrons. The van der Waals surface area contributed by atoms with Gasteiger partial charge in [0, 0.05) is 5.69 Å². The van der Waals surface area contributed by atoms with Gasteiger partial charge in [-0.2, -0.15) is 28.1 Å². The van der Waals surface area contributed by atoms with E-state index in [4.69, 9.17) is 16.0 Å². The molecular formula is C17H17ClF3N5O. The van der Waals surface area contributed by atoms with E-state index in [1.807, 2.05) is 13.8 Å². The first-order valence-corrected chi connectivity index (χ1v) is 8.40. The van der Waals surface area contributed by atoms with E-state index in [0.717, 1.165) is 12.1 Å². The van der Waals surface area contributed by atoms with E-state index in [9.17, 15) is 13.2 Å². The van der Waals surface area contributed by atoms with E-state index in [2.05, 4.69) is 25.6 Å². The molecule has 0 aliphatic rings. The van der Waals surface area contributed by atoms with Crippen molar-refractivity contribution in [3.05, 3.63) is 59.3 Å². The van der Waals surface area contributed by atoms with E-state index < -0.39 is 11.7 Å². The highest BCUT2D eigenvalue weighted by Crippen LogP contribution is 2.31. The number of benzene rings is 1. The maximum atomic E-state index is 12.8. The minimum atomic E-state index is -4.44. The fourth-order valence-electron chi connectivity index (χ4n) is 1.97. The van der Waals surface area contributed by atoms with Crippen molar-refractivity contribution < 1.29 is 17.6 Å². The Morgan fingerprint density at radius 2 is 1.78 bits per heavy atom. The van der Waals surface area contributed by atoms with Crippen molar-refractivity contribution in [2.24, 2.45) is 0 Å². The highest BCUT2D eigenvalue weighted by Gasteiger charge is 2.30. The molecule has 0 aliphatic heterocycles. The van der Waals surface area contributed by atoms with Gasteiger partial charge >= 0.3 is 6.18 Å². The fourth-order valence-corrected chi connectivity index (χ4v) is 2.13. The van der Waals surface area contributed by atoms with Crippen LogP contribution >= 0.6 is 11.6 Å². The number of hydrogen-bond donors (Lipinski definition) is 2. The molecule has 1 aromatic carbocycles. The van der Waals surface area contributed by atoms with E-state index >= 15 is 0 Å². The van der Waals surface area contributed by atoms with Gasteiger partial charge in [0.15, 0.2) is 0 Å². The van der Waals surface area contributed by atoms with Crippen molar-refractivity contribution in [3.8, 4) is 0 Å². The van der Waals surface area contributed by atoms with Gasteiger partial charge in [0.1, 0.15) is 5.76 Å². The SMILES string of the molecule is CC.FC(F)(F)c1cccc(Nc2nc(Cl)nc(NCc3ccco3)n2)c1. The van der Waals surface area contributed by atoms with E-state index in [1.54, 1.807) is 12.1 Å². The molecule has 0 saturated heterocycles. The van der Waals surface area contributed by atoms with Gasteiger partial charge in [-0.1, -0.05) is 19.9 Å². The van der Waals surface area contributed by atoms with Crippen molar-refractivity contribution >= 4 is 29.2 Å². The summed E-state index contributed by atoms with van der Waals surface area (Å²) in [5, 5.41) is 5.46. The molecule has 3 aromatic rings. The molecule has 27 heavy (non-hydrogen) atoms. The molecule has 10 heteroatoms. The molecule has 2 heterocycles. The Kier molecular flexibility index (Phi) is 7.00. The van der Waals surface area contributed by atoms with Gasteiger partial charge in [-0.25, -0.2) is 0 Å². The van der Waals surface area contributed by atoms with Crippen LogP contribution in [-0.4, -0.2) is 15.0 Å². The number of nitrogens with one attached hydrogen (secondary N) is 2. The van der Waals surface area contributed by atoms with E-state index in [0.29, 0.717) is 12.3 Å². The highest BCUT2D eigenvalue weighted by molar-refractivity contribution is 6.28. The molecule has 0 atom stereocenters. The van der Waals surface area contributed by atoms with Crippen LogP contribution in [0.1, 0.15) is 25.2 Å². The number of anilines is 3. The summed E-state index contributed by atoms with van der Waals surface area (Å²) in [5.74, 6) is 0.830. The van der Waals surface area contributed by atoms with Crippen LogP contribution in [0.2, 0.25) is 5.28 Å². The summed E-state index contributed by atoms with van der Waals surface area (Å²) in [6.07, 6.45) is -2.91. The fraction of sp³-hybridized carbons (Fsp3) is 0.235. The maximum Gasteiger partial charge on any atom is 0.416 e. The Hall–Kier alpha value is -2.81. The minimum Gasteiger partial charge on any atom is -0.467 e. The van der Waals surface area contributed by atoms with Gasteiger partial charge in [0.2, 0.25) is 17.2 Å². The molecule has 0 aliphatic carbocycles. The van der Waals surface area contributed by atoms with Gasteiger partial charge in [0.25, 0.3) is 0 Å². The Bertz CT molecular complexity index is 856. The number of nitrogens with zero attached hydrogens (tertiary/aromatic N) is 3. The third-order valence-corrected chi connectivity index (χ3v) is 3.22. The molecule has 144 valence electrons. The molecule has 6 nitrogen and oxygen atoms in total. The summed E-state index contributed by atoms with van der Waals surface area (Å²) < 4.78 is 43.4. The zero-order valence-electron chi connectivity index (χ0n) is 14.5. The van der Waals surface area contributed by atoms with Crippen LogP contribution in [0.3, 0.4) is 0 Å². The third kappa shape index (κ3) is 6.14. The summed E-state index contributed by atoms with van der Waals surface area (Å²) >= 11 is 5.84. The second kappa shape index (κ2) is 9.22. The van der Waals surface area contributed by atoms with E-state index in [-0.39, 0.29) is 22.9 Å². The van der Waals surface area contributed by atoms with Gasteiger partial charge in [-0.15, -0.1) is 0 Å². The largest absolute Gasteiger partial charge is 0.467 e. The highest BCUT2D eigenvalue weighted by atomic mass is 35.5. The summed E-state index contributed by atoms with van der Waals surface area (Å²) in [6, 6.07) is 8.16. The van der Waals surface area contributed by atoms with Gasteiger partial charge in [0.05, 0.1) is 18.4 Å². The van der Waals surface area contributed by atoms with Gasteiger partial charge < -0.3 is 15.1 Å². The summed E-state index contributed by atoms with van der Waals surface area (Å²) in [6.45, 7) is 4.32.